The maximum atomic E-state index is 14.7. The molecule has 0 atom stereocenters. The van der Waals surface area contributed by atoms with Crippen LogP contribution in [0.1, 0.15) is 35.2 Å². The van der Waals surface area contributed by atoms with Gasteiger partial charge in [0.2, 0.25) is 0 Å². The second-order valence-electron chi connectivity index (χ2n) is 9.35. The lowest BCUT2D eigenvalue weighted by molar-refractivity contribution is 0.189. The molecule has 1 aromatic heterocycles. The number of rotatable bonds is 9. The Bertz CT molecular complexity index is 1360. The Morgan fingerprint density at radius 2 is 1.81 bits per heavy atom. The van der Waals surface area contributed by atoms with Crippen molar-refractivity contribution < 1.29 is 13.7 Å². The highest BCUT2D eigenvalue weighted by Crippen LogP contribution is 2.27. The fourth-order valence-electron chi connectivity index (χ4n) is 4.58. The molecule has 0 unspecified atom stereocenters. The van der Waals surface area contributed by atoms with Crippen LogP contribution in [0.15, 0.2) is 83.4 Å². The van der Waals surface area contributed by atoms with E-state index in [2.05, 4.69) is 51.8 Å². The summed E-state index contributed by atoms with van der Waals surface area (Å²) < 4.78 is 25.8. The highest BCUT2D eigenvalue weighted by molar-refractivity contribution is 5.59. The minimum Gasteiger partial charge on any atom is -0.486 e. The molecule has 4 aromatic rings. The SMILES string of the molecule is N#Cc1cccc(COc2ccc(-c3cc(CNC4CCN(Cc5ccccc5)CC4)no3)cc2F)c1. The van der Waals surface area contributed by atoms with Crippen molar-refractivity contribution in [3.05, 3.63) is 107 Å². The number of halogens is 1. The lowest BCUT2D eigenvalue weighted by Crippen LogP contribution is -2.41. The van der Waals surface area contributed by atoms with E-state index < -0.39 is 5.82 Å². The lowest BCUT2D eigenvalue weighted by atomic mass is 10.0. The first-order valence-corrected chi connectivity index (χ1v) is 12.5. The van der Waals surface area contributed by atoms with Crippen molar-refractivity contribution in [2.45, 2.75) is 38.6 Å². The van der Waals surface area contributed by atoms with Crippen LogP contribution in [0.5, 0.6) is 5.75 Å². The van der Waals surface area contributed by atoms with E-state index in [0.717, 1.165) is 43.7 Å². The Labute approximate surface area is 216 Å². The Hall–Kier alpha value is -3.99. The van der Waals surface area contributed by atoms with Crippen LogP contribution >= 0.6 is 0 Å². The molecule has 1 N–H and O–H groups in total. The third-order valence-corrected chi connectivity index (χ3v) is 6.63. The van der Waals surface area contributed by atoms with Gasteiger partial charge in [-0.1, -0.05) is 47.6 Å². The quantitative estimate of drug-likeness (QED) is 0.321. The van der Waals surface area contributed by atoms with Crippen molar-refractivity contribution in [2.24, 2.45) is 0 Å². The van der Waals surface area contributed by atoms with Crippen LogP contribution in [0.25, 0.3) is 11.3 Å². The number of piperidine rings is 1. The maximum absolute atomic E-state index is 14.7. The van der Waals surface area contributed by atoms with Gasteiger partial charge in [-0.25, -0.2) is 4.39 Å². The van der Waals surface area contributed by atoms with Crippen LogP contribution in [0.4, 0.5) is 4.39 Å². The predicted octanol–water partition coefficient (Wildman–Crippen LogP) is 5.69. The molecule has 5 rings (SSSR count). The number of ether oxygens (including phenoxy) is 1. The first-order chi connectivity index (χ1) is 18.2. The molecule has 2 heterocycles. The Kier molecular flexibility index (Phi) is 7.90. The summed E-state index contributed by atoms with van der Waals surface area (Å²) in [6.07, 6.45) is 2.18. The third kappa shape index (κ3) is 6.62. The summed E-state index contributed by atoms with van der Waals surface area (Å²) in [4.78, 5) is 2.49. The van der Waals surface area contributed by atoms with Crippen molar-refractivity contribution in [1.82, 2.24) is 15.4 Å². The van der Waals surface area contributed by atoms with Gasteiger partial charge in [0.15, 0.2) is 17.3 Å². The van der Waals surface area contributed by atoms with E-state index in [1.54, 1.807) is 30.3 Å². The standard InChI is InChI=1S/C30H29FN4O2/c31-28-16-25(9-10-29(28)36-21-24-8-4-7-23(15-24)18-32)30-17-27(34-37-30)19-33-26-11-13-35(14-12-26)20-22-5-2-1-3-6-22/h1-10,15-17,26,33H,11-14,19-21H2. The third-order valence-electron chi connectivity index (χ3n) is 6.63. The van der Waals surface area contributed by atoms with Crippen LogP contribution in [-0.2, 0) is 19.7 Å². The van der Waals surface area contributed by atoms with E-state index in [1.807, 2.05) is 12.1 Å². The molecule has 0 saturated carbocycles. The molecular formula is C30H29FN4O2. The molecule has 0 aliphatic carbocycles. The highest BCUT2D eigenvalue weighted by atomic mass is 19.1. The zero-order valence-electron chi connectivity index (χ0n) is 20.6. The van der Waals surface area contributed by atoms with Crippen molar-refractivity contribution in [3.63, 3.8) is 0 Å². The molecule has 0 radical (unpaired) electrons. The maximum Gasteiger partial charge on any atom is 0.167 e. The second kappa shape index (κ2) is 11.8. The summed E-state index contributed by atoms with van der Waals surface area (Å²) in [5.74, 6) is 0.181. The first-order valence-electron chi connectivity index (χ1n) is 12.5. The fourth-order valence-corrected chi connectivity index (χ4v) is 4.58. The van der Waals surface area contributed by atoms with Crippen molar-refractivity contribution in [3.8, 4) is 23.1 Å². The van der Waals surface area contributed by atoms with Gasteiger partial charge in [0.25, 0.3) is 0 Å². The number of benzene rings is 3. The molecule has 1 aliphatic heterocycles. The summed E-state index contributed by atoms with van der Waals surface area (Å²) in [7, 11) is 0. The predicted molar refractivity (Wildman–Crippen MR) is 139 cm³/mol. The van der Waals surface area contributed by atoms with Crippen LogP contribution in [0, 0.1) is 17.1 Å². The minimum absolute atomic E-state index is 0.145. The van der Waals surface area contributed by atoms with E-state index in [0.29, 0.717) is 29.5 Å². The molecule has 7 heteroatoms. The second-order valence-corrected chi connectivity index (χ2v) is 9.35. The van der Waals surface area contributed by atoms with Gasteiger partial charge in [-0.2, -0.15) is 5.26 Å². The molecule has 3 aromatic carbocycles. The zero-order valence-corrected chi connectivity index (χ0v) is 20.6. The molecule has 188 valence electrons. The fraction of sp³-hybridized carbons (Fsp3) is 0.267. The summed E-state index contributed by atoms with van der Waals surface area (Å²) in [6.45, 7) is 3.91. The summed E-state index contributed by atoms with van der Waals surface area (Å²) >= 11 is 0. The number of likely N-dealkylation sites (tertiary alicyclic amines) is 1. The number of aromatic nitrogens is 1. The average molecular weight is 497 g/mol. The van der Waals surface area contributed by atoms with Crippen molar-refractivity contribution in [1.29, 1.82) is 5.26 Å². The number of hydrogen-bond acceptors (Lipinski definition) is 6. The number of nitrogens with zero attached hydrogens (tertiary/aromatic N) is 3. The normalized spacial score (nSPS) is 14.4. The van der Waals surface area contributed by atoms with Crippen LogP contribution < -0.4 is 10.1 Å². The largest absolute Gasteiger partial charge is 0.486 e. The molecule has 1 aliphatic rings. The Balaban J connectivity index is 1.10. The smallest absolute Gasteiger partial charge is 0.167 e. The molecule has 1 fully saturated rings. The van der Waals surface area contributed by atoms with E-state index in [-0.39, 0.29) is 12.4 Å². The molecule has 37 heavy (non-hydrogen) atoms. The molecule has 0 spiro atoms. The van der Waals surface area contributed by atoms with Gasteiger partial charge in [-0.05, 0) is 67.4 Å². The first kappa shape index (κ1) is 24.7. The van der Waals surface area contributed by atoms with Gasteiger partial charge >= 0.3 is 0 Å². The van der Waals surface area contributed by atoms with Crippen LogP contribution in [0.3, 0.4) is 0 Å². The summed E-state index contributed by atoms with van der Waals surface area (Å²) in [6, 6.07) is 26.8. The van der Waals surface area contributed by atoms with Crippen molar-refractivity contribution in [2.75, 3.05) is 13.1 Å². The minimum atomic E-state index is -0.479. The highest BCUT2D eigenvalue weighted by Gasteiger charge is 2.19. The number of hydrogen-bond donors (Lipinski definition) is 1. The average Bonchev–Trinajstić information content (AvgIpc) is 3.42. The van der Waals surface area contributed by atoms with Gasteiger partial charge in [0.1, 0.15) is 6.61 Å². The zero-order chi connectivity index (χ0) is 25.5. The lowest BCUT2D eigenvalue weighted by Gasteiger charge is -2.32. The van der Waals surface area contributed by atoms with E-state index in [9.17, 15) is 4.39 Å². The number of nitriles is 1. The van der Waals surface area contributed by atoms with E-state index >= 15 is 0 Å². The Morgan fingerprint density at radius 3 is 2.59 bits per heavy atom. The molecule has 6 nitrogen and oxygen atoms in total. The van der Waals surface area contributed by atoms with Crippen LogP contribution in [0.2, 0.25) is 0 Å². The van der Waals surface area contributed by atoms with Crippen LogP contribution in [-0.4, -0.2) is 29.2 Å². The van der Waals surface area contributed by atoms with Crippen molar-refractivity contribution >= 4 is 0 Å². The summed E-state index contributed by atoms with van der Waals surface area (Å²) in [5, 5.41) is 16.8. The molecule has 0 bridgehead atoms. The van der Waals surface area contributed by atoms with Gasteiger partial charge < -0.3 is 14.6 Å². The van der Waals surface area contributed by atoms with E-state index in [1.165, 1.54) is 11.6 Å². The van der Waals surface area contributed by atoms with Gasteiger partial charge in [0.05, 0.1) is 17.3 Å². The van der Waals surface area contributed by atoms with E-state index in [4.69, 9.17) is 14.5 Å². The molecule has 0 amide bonds. The Morgan fingerprint density at radius 1 is 1.00 bits per heavy atom. The number of nitrogens with one attached hydrogen (secondary N) is 1. The summed E-state index contributed by atoms with van der Waals surface area (Å²) in [5.41, 5.74) is 4.09. The monoisotopic (exact) mass is 496 g/mol. The molecular weight excluding hydrogens is 467 g/mol. The topological polar surface area (TPSA) is 74.3 Å². The van der Waals surface area contributed by atoms with Gasteiger partial charge in [-0.15, -0.1) is 0 Å². The van der Waals surface area contributed by atoms with Gasteiger partial charge in [0, 0.05) is 30.8 Å². The van der Waals surface area contributed by atoms with Gasteiger partial charge in [-0.3, -0.25) is 4.90 Å². The molecule has 1 saturated heterocycles.